The summed E-state index contributed by atoms with van der Waals surface area (Å²) in [7, 11) is 0. The maximum atomic E-state index is 6.19. The van der Waals surface area contributed by atoms with Gasteiger partial charge in [0.2, 0.25) is 0 Å². The SMILES string of the molecule is CCCCC(C)(CCCC)COc1ccc(CNCCCC(C)(C)CC)cc1. The topological polar surface area (TPSA) is 21.3 Å². The average Bonchev–Trinajstić information content (AvgIpc) is 2.70. The van der Waals surface area contributed by atoms with Crippen LogP contribution in [0.1, 0.15) is 105 Å². The number of hydrogen-bond donors (Lipinski definition) is 1. The molecule has 0 radical (unpaired) electrons. The Bertz CT molecular complexity index is 498. The highest BCUT2D eigenvalue weighted by Gasteiger charge is 2.24. The lowest BCUT2D eigenvalue weighted by molar-refractivity contribution is 0.134. The van der Waals surface area contributed by atoms with Crippen molar-refractivity contribution in [3.05, 3.63) is 29.8 Å². The number of hydrogen-bond acceptors (Lipinski definition) is 2. The third-order valence-electron chi connectivity index (χ3n) is 6.27. The molecule has 0 aliphatic heterocycles. The lowest BCUT2D eigenvalue weighted by Crippen LogP contribution is -2.25. The van der Waals surface area contributed by atoms with E-state index in [1.54, 1.807) is 0 Å². The smallest absolute Gasteiger partial charge is 0.119 e. The van der Waals surface area contributed by atoms with Gasteiger partial charge in [0.05, 0.1) is 6.61 Å². The fourth-order valence-electron chi connectivity index (χ4n) is 3.54. The van der Waals surface area contributed by atoms with Gasteiger partial charge in [-0.05, 0) is 55.3 Å². The molecule has 0 unspecified atom stereocenters. The average molecular weight is 390 g/mol. The van der Waals surface area contributed by atoms with E-state index in [4.69, 9.17) is 4.74 Å². The van der Waals surface area contributed by atoms with Crippen molar-refractivity contribution in [3.8, 4) is 5.75 Å². The highest BCUT2D eigenvalue weighted by Crippen LogP contribution is 2.31. The molecule has 1 rings (SSSR count). The second-order valence-electron chi connectivity index (χ2n) is 9.75. The largest absolute Gasteiger partial charge is 0.493 e. The molecule has 0 saturated carbocycles. The van der Waals surface area contributed by atoms with Crippen molar-refractivity contribution >= 4 is 0 Å². The molecule has 0 aliphatic rings. The van der Waals surface area contributed by atoms with Gasteiger partial charge >= 0.3 is 0 Å². The lowest BCUT2D eigenvalue weighted by Gasteiger charge is -2.29. The Morgan fingerprint density at radius 1 is 0.821 bits per heavy atom. The van der Waals surface area contributed by atoms with Gasteiger partial charge in [0.15, 0.2) is 0 Å². The molecule has 0 spiro atoms. The Kier molecular flexibility index (Phi) is 11.8. The van der Waals surface area contributed by atoms with E-state index < -0.39 is 0 Å². The summed E-state index contributed by atoms with van der Waals surface area (Å²) in [5.74, 6) is 1.01. The minimum absolute atomic E-state index is 0.304. The van der Waals surface area contributed by atoms with Crippen molar-refractivity contribution in [1.29, 1.82) is 0 Å². The Hall–Kier alpha value is -1.02. The van der Waals surface area contributed by atoms with Gasteiger partial charge < -0.3 is 10.1 Å². The predicted octanol–water partition coefficient (Wildman–Crippen LogP) is 7.76. The van der Waals surface area contributed by atoms with Gasteiger partial charge in [0, 0.05) is 12.0 Å². The van der Waals surface area contributed by atoms with Crippen molar-refractivity contribution in [2.24, 2.45) is 10.8 Å². The zero-order chi connectivity index (χ0) is 20.9. The maximum Gasteiger partial charge on any atom is 0.119 e. The fraction of sp³-hybridized carbons (Fsp3) is 0.769. The van der Waals surface area contributed by atoms with E-state index in [-0.39, 0.29) is 0 Å². The van der Waals surface area contributed by atoms with Crippen molar-refractivity contribution in [1.82, 2.24) is 5.32 Å². The number of nitrogens with one attached hydrogen (secondary N) is 1. The summed E-state index contributed by atoms with van der Waals surface area (Å²) in [4.78, 5) is 0. The van der Waals surface area contributed by atoms with E-state index >= 15 is 0 Å². The fourth-order valence-corrected chi connectivity index (χ4v) is 3.54. The quantitative estimate of drug-likeness (QED) is 0.292. The summed E-state index contributed by atoms with van der Waals surface area (Å²) >= 11 is 0. The first-order valence-corrected chi connectivity index (χ1v) is 11.8. The Labute approximate surface area is 175 Å². The first kappa shape index (κ1) is 25.0. The van der Waals surface area contributed by atoms with Crippen LogP contribution in [0.5, 0.6) is 5.75 Å². The molecule has 1 aromatic carbocycles. The summed E-state index contributed by atoms with van der Waals surface area (Å²) in [5, 5.41) is 3.58. The first-order valence-electron chi connectivity index (χ1n) is 11.8. The molecule has 0 aliphatic carbocycles. The molecule has 28 heavy (non-hydrogen) atoms. The van der Waals surface area contributed by atoms with Crippen molar-refractivity contribution in [2.45, 2.75) is 106 Å². The predicted molar refractivity (Wildman–Crippen MR) is 124 cm³/mol. The molecule has 0 atom stereocenters. The number of benzene rings is 1. The molecular weight excluding hydrogens is 342 g/mol. The molecule has 1 N–H and O–H groups in total. The Balaban J connectivity index is 2.38. The minimum atomic E-state index is 0.304. The van der Waals surface area contributed by atoms with E-state index in [1.165, 1.54) is 63.4 Å². The van der Waals surface area contributed by atoms with Crippen LogP contribution < -0.4 is 10.1 Å². The standard InChI is InChI=1S/C26H47NO/c1-7-10-18-26(6,19-11-8-2)22-28-24-15-13-23(14-16-24)21-27-20-12-17-25(4,5)9-3/h13-16,27H,7-12,17-22H2,1-6H3. The van der Waals surface area contributed by atoms with Crippen LogP contribution in [0.2, 0.25) is 0 Å². The van der Waals surface area contributed by atoms with Crippen LogP contribution in [-0.2, 0) is 6.54 Å². The number of ether oxygens (including phenoxy) is 1. The van der Waals surface area contributed by atoms with Crippen LogP contribution in [0, 0.1) is 10.8 Å². The monoisotopic (exact) mass is 389 g/mol. The Morgan fingerprint density at radius 3 is 1.96 bits per heavy atom. The van der Waals surface area contributed by atoms with E-state index in [2.05, 4.69) is 71.1 Å². The van der Waals surface area contributed by atoms with Crippen molar-refractivity contribution in [2.75, 3.05) is 13.2 Å². The first-order chi connectivity index (χ1) is 13.3. The molecule has 0 heterocycles. The third-order valence-corrected chi connectivity index (χ3v) is 6.27. The van der Waals surface area contributed by atoms with Crippen LogP contribution in [0.3, 0.4) is 0 Å². The molecule has 162 valence electrons. The molecule has 2 heteroatoms. The molecular formula is C26H47NO. The summed E-state index contributed by atoms with van der Waals surface area (Å²) < 4.78 is 6.19. The van der Waals surface area contributed by atoms with Crippen molar-refractivity contribution in [3.63, 3.8) is 0 Å². The van der Waals surface area contributed by atoms with Crippen LogP contribution in [0.25, 0.3) is 0 Å². The third kappa shape index (κ3) is 10.5. The lowest BCUT2D eigenvalue weighted by atomic mass is 9.81. The molecule has 2 nitrogen and oxygen atoms in total. The minimum Gasteiger partial charge on any atom is -0.493 e. The Morgan fingerprint density at radius 2 is 1.43 bits per heavy atom. The van der Waals surface area contributed by atoms with Crippen molar-refractivity contribution < 1.29 is 4.74 Å². The van der Waals surface area contributed by atoms with E-state index in [9.17, 15) is 0 Å². The summed E-state index contributed by atoms with van der Waals surface area (Å²) in [5.41, 5.74) is 2.11. The van der Waals surface area contributed by atoms with E-state index in [1.807, 2.05) is 0 Å². The van der Waals surface area contributed by atoms with Crippen LogP contribution in [-0.4, -0.2) is 13.2 Å². The normalized spacial score (nSPS) is 12.4. The maximum absolute atomic E-state index is 6.19. The molecule has 0 amide bonds. The van der Waals surface area contributed by atoms with Gasteiger partial charge in [-0.15, -0.1) is 0 Å². The zero-order valence-corrected chi connectivity index (χ0v) is 19.7. The van der Waals surface area contributed by atoms with Gasteiger partial charge in [0.1, 0.15) is 5.75 Å². The van der Waals surface area contributed by atoms with Gasteiger partial charge in [-0.3, -0.25) is 0 Å². The molecule has 0 bridgehead atoms. The summed E-state index contributed by atoms with van der Waals surface area (Å²) in [6, 6.07) is 8.68. The molecule has 0 saturated heterocycles. The number of rotatable bonds is 16. The van der Waals surface area contributed by atoms with E-state index in [0.29, 0.717) is 10.8 Å². The zero-order valence-electron chi connectivity index (χ0n) is 19.7. The van der Waals surface area contributed by atoms with Gasteiger partial charge in [-0.2, -0.15) is 0 Å². The highest BCUT2D eigenvalue weighted by atomic mass is 16.5. The summed E-state index contributed by atoms with van der Waals surface area (Å²) in [6.07, 6.45) is 11.4. The van der Waals surface area contributed by atoms with Gasteiger partial charge in [-0.25, -0.2) is 0 Å². The second-order valence-corrected chi connectivity index (χ2v) is 9.75. The van der Waals surface area contributed by atoms with Crippen LogP contribution in [0.15, 0.2) is 24.3 Å². The van der Waals surface area contributed by atoms with Crippen LogP contribution in [0.4, 0.5) is 0 Å². The summed E-state index contributed by atoms with van der Waals surface area (Å²) in [6.45, 7) is 16.8. The highest BCUT2D eigenvalue weighted by molar-refractivity contribution is 5.27. The molecule has 0 fully saturated rings. The second kappa shape index (κ2) is 13.2. The van der Waals surface area contributed by atoms with Gasteiger partial charge in [-0.1, -0.05) is 85.8 Å². The van der Waals surface area contributed by atoms with Gasteiger partial charge in [0.25, 0.3) is 0 Å². The van der Waals surface area contributed by atoms with E-state index in [0.717, 1.165) is 25.4 Å². The molecule has 1 aromatic rings. The molecule has 0 aromatic heterocycles. The van der Waals surface area contributed by atoms with Crippen LogP contribution >= 0.6 is 0 Å². The number of unbranched alkanes of at least 4 members (excludes halogenated alkanes) is 2.